The minimum absolute atomic E-state index is 0.0220. The fourth-order valence-electron chi connectivity index (χ4n) is 9.09. The van der Waals surface area contributed by atoms with Gasteiger partial charge in [-0.2, -0.15) is 0 Å². The Kier molecular flexibility index (Phi) is 13.3. The average molecular weight is 891 g/mol. The van der Waals surface area contributed by atoms with Gasteiger partial charge >= 0.3 is 17.8 Å². The summed E-state index contributed by atoms with van der Waals surface area (Å²) in [6.45, 7) is 18.5. The number of aliphatic imine (C=N–C) groups is 1. The number of nitrogens with zero attached hydrogens (tertiary/aromatic N) is 2. The highest BCUT2D eigenvalue weighted by Crippen LogP contribution is 2.49. The quantitative estimate of drug-likeness (QED) is 0.257. The number of aromatic hydroxyl groups is 1. The highest BCUT2D eigenvalue weighted by atomic mass is 16.7. The minimum Gasteiger partial charge on any atom is -0.507 e. The van der Waals surface area contributed by atoms with Crippen molar-refractivity contribution >= 4 is 35.2 Å². The van der Waals surface area contributed by atoms with Crippen molar-refractivity contribution in [2.45, 2.75) is 124 Å². The number of carbonyl (C=O) groups is 5. The minimum atomic E-state index is -2.04. The van der Waals surface area contributed by atoms with Crippen LogP contribution in [0.15, 0.2) is 52.5 Å². The number of Topliss-reactive ketones (excluding diaryl/α,β-unsaturated/α-hetero) is 2. The van der Waals surface area contributed by atoms with E-state index < -0.39 is 100 Å². The fraction of sp³-hybridized carbons (Fsp3) is 0.574. The van der Waals surface area contributed by atoms with Crippen LogP contribution >= 0.6 is 0 Å². The first-order chi connectivity index (χ1) is 29.8. The number of aliphatic hydroxyl groups excluding tert-OH is 2. The SMILES string of the molecule is CO[C@H]1/C=C/O[C@@]2(C)Oc3c(C)c(O)c4c(c3C2=O)C2=NC3(CCN(C(=O)OC(C)(C)C)C3)CNC2=C(NC(=O)/C(C)=C\C=C\[C@H](C)[C@H](O)[C@@H](C)[C@@H](O)[C@@H](C)[C@H](OC(C)=O)[C@@H]1C)C4=O. The Hall–Kier alpha value is -5.52. The van der Waals surface area contributed by atoms with Crippen LogP contribution in [0, 0.1) is 30.6 Å². The molecule has 0 saturated carbocycles. The summed E-state index contributed by atoms with van der Waals surface area (Å²) in [5.41, 5.74) is -1.85. The van der Waals surface area contributed by atoms with Crippen LogP contribution in [0.1, 0.15) is 108 Å². The molecule has 6 rings (SSSR count). The summed E-state index contributed by atoms with van der Waals surface area (Å²) < 4.78 is 29.6. The molecule has 5 N–H and O–H groups in total. The molecule has 1 spiro atoms. The van der Waals surface area contributed by atoms with E-state index in [1.165, 1.54) is 53.2 Å². The number of phenols is 1. The Balaban J connectivity index is 1.51. The highest BCUT2D eigenvalue weighted by molar-refractivity contribution is 6.34. The number of nitrogens with one attached hydrogen (secondary N) is 2. The number of ether oxygens (including phenoxy) is 5. The molecule has 17 nitrogen and oxygen atoms in total. The van der Waals surface area contributed by atoms with Crippen molar-refractivity contribution in [3.05, 3.63) is 69.8 Å². The summed E-state index contributed by atoms with van der Waals surface area (Å²) in [4.78, 5) is 75.8. The molecule has 1 aromatic rings. The normalized spacial score (nSPS) is 34.1. The van der Waals surface area contributed by atoms with E-state index in [1.54, 1.807) is 65.5 Å². The van der Waals surface area contributed by atoms with Crippen LogP contribution in [0.3, 0.4) is 0 Å². The number of allylic oxidation sites excluding steroid dienone is 4. The lowest BCUT2D eigenvalue weighted by atomic mass is 9.78. The Bertz CT molecular complexity index is 2270. The Morgan fingerprint density at radius 2 is 1.66 bits per heavy atom. The molecule has 4 aliphatic heterocycles. The third-order valence-electron chi connectivity index (χ3n) is 12.9. The zero-order chi connectivity index (χ0) is 47.4. The van der Waals surface area contributed by atoms with Gasteiger partial charge in [-0.1, -0.05) is 45.9 Å². The maximum atomic E-state index is 14.8. The summed E-state index contributed by atoms with van der Waals surface area (Å²) in [6, 6.07) is 0. The topological polar surface area (TPSA) is 232 Å². The van der Waals surface area contributed by atoms with Gasteiger partial charge in [0.2, 0.25) is 5.78 Å². The van der Waals surface area contributed by atoms with Crippen molar-refractivity contribution in [2.75, 3.05) is 26.7 Å². The lowest BCUT2D eigenvalue weighted by Crippen LogP contribution is -2.51. The number of hydrogen-bond acceptors (Lipinski definition) is 15. The van der Waals surface area contributed by atoms with Crippen LogP contribution in [0.4, 0.5) is 4.79 Å². The first-order valence-electron chi connectivity index (χ1n) is 21.7. The smallest absolute Gasteiger partial charge is 0.410 e. The molecule has 348 valence electrons. The summed E-state index contributed by atoms with van der Waals surface area (Å²) in [6.07, 6.45) is 3.46. The standard InChI is InChI=1S/C47H62N4O13/c1-22-14-13-15-23(2)43(58)49-35-34-33(50-47(20-48-34)17-18-51(21-47)44(59)64-45(8,9)10)30-31(39(35)56)38(55)27(6)41-32(30)42(57)46(11,63-41)61-19-16-29(60-12)24(3)40(62-28(7)52)26(5)37(54)25(4)36(22)53/h13-16,19,22,24-26,29,36-37,40,48,53-55H,17-18,20-21H2,1-12H3,(H,49,58)/b14-13+,19-16+,23-15-/t22-,24+,25+,26+,29-,36-,37+,40+,46-,47?/m0/s1. The van der Waals surface area contributed by atoms with Gasteiger partial charge in [0.1, 0.15) is 28.9 Å². The molecule has 5 bridgehead atoms. The molecule has 2 amide bonds. The van der Waals surface area contributed by atoms with Crippen LogP contribution < -0.4 is 15.4 Å². The number of likely N-dealkylation sites (tertiary alicyclic amines) is 1. The average Bonchev–Trinajstić information content (AvgIpc) is 3.76. The van der Waals surface area contributed by atoms with Crippen LogP contribution in [0.2, 0.25) is 0 Å². The summed E-state index contributed by atoms with van der Waals surface area (Å²) in [7, 11) is 1.44. The second-order valence-corrected chi connectivity index (χ2v) is 18.9. The maximum Gasteiger partial charge on any atom is 0.410 e. The molecule has 0 radical (unpaired) electrons. The van der Waals surface area contributed by atoms with E-state index in [1.807, 2.05) is 0 Å². The van der Waals surface area contributed by atoms with Crippen molar-refractivity contribution in [1.29, 1.82) is 0 Å². The largest absolute Gasteiger partial charge is 0.507 e. The molecule has 1 aliphatic carbocycles. The van der Waals surface area contributed by atoms with Gasteiger partial charge in [-0.3, -0.25) is 24.2 Å². The van der Waals surface area contributed by atoms with E-state index in [-0.39, 0.29) is 63.8 Å². The fourth-order valence-corrected chi connectivity index (χ4v) is 9.09. The number of aliphatic hydroxyl groups is 2. The number of ketones is 2. The molecular weight excluding hydrogens is 829 g/mol. The Labute approximate surface area is 373 Å². The Morgan fingerprint density at radius 1 is 0.969 bits per heavy atom. The predicted octanol–water partition coefficient (Wildman–Crippen LogP) is 4.55. The molecule has 4 heterocycles. The van der Waals surface area contributed by atoms with Crippen molar-refractivity contribution in [2.24, 2.45) is 28.7 Å². The van der Waals surface area contributed by atoms with Gasteiger partial charge in [0.05, 0.1) is 59.2 Å². The molecule has 64 heavy (non-hydrogen) atoms. The Morgan fingerprint density at radius 3 is 2.30 bits per heavy atom. The molecule has 0 aromatic heterocycles. The van der Waals surface area contributed by atoms with Gasteiger partial charge < -0.3 is 54.5 Å². The predicted molar refractivity (Wildman–Crippen MR) is 234 cm³/mol. The number of benzene rings is 1. The van der Waals surface area contributed by atoms with Crippen molar-refractivity contribution in [1.82, 2.24) is 15.5 Å². The van der Waals surface area contributed by atoms with E-state index >= 15 is 0 Å². The third-order valence-corrected chi connectivity index (χ3v) is 12.9. The number of phenolic OH excluding ortho intramolecular Hbond substituents is 1. The molecule has 1 saturated heterocycles. The molecule has 1 unspecified atom stereocenters. The first-order valence-corrected chi connectivity index (χ1v) is 21.7. The van der Waals surface area contributed by atoms with Crippen molar-refractivity contribution < 1.29 is 63.0 Å². The number of fused-ring (bicyclic) bond motifs is 3. The number of amides is 2. The monoisotopic (exact) mass is 890 g/mol. The first kappa shape index (κ1) is 47.9. The van der Waals surface area contributed by atoms with Crippen LogP contribution in [0.5, 0.6) is 11.5 Å². The van der Waals surface area contributed by atoms with Gasteiger partial charge in [0.25, 0.3) is 11.7 Å². The highest BCUT2D eigenvalue weighted by Gasteiger charge is 2.54. The maximum absolute atomic E-state index is 14.8. The molecular formula is C47H62N4O13. The lowest BCUT2D eigenvalue weighted by Gasteiger charge is -2.38. The van der Waals surface area contributed by atoms with E-state index in [0.29, 0.717) is 13.0 Å². The van der Waals surface area contributed by atoms with E-state index in [9.17, 15) is 39.3 Å². The van der Waals surface area contributed by atoms with Crippen molar-refractivity contribution in [3.63, 3.8) is 0 Å². The van der Waals surface area contributed by atoms with Gasteiger partial charge in [0.15, 0.2) is 0 Å². The molecule has 5 aliphatic rings. The van der Waals surface area contributed by atoms with E-state index in [0.717, 1.165) is 0 Å². The summed E-state index contributed by atoms with van der Waals surface area (Å²) in [5.74, 6) is -7.83. The third kappa shape index (κ3) is 8.94. The van der Waals surface area contributed by atoms with Gasteiger partial charge in [-0.25, -0.2) is 4.79 Å². The molecule has 1 fully saturated rings. The summed E-state index contributed by atoms with van der Waals surface area (Å²) in [5, 5.41) is 40.9. The van der Waals surface area contributed by atoms with E-state index in [4.69, 9.17) is 28.7 Å². The molecule has 17 heteroatoms. The number of rotatable bonds is 2. The second-order valence-electron chi connectivity index (χ2n) is 18.9. The summed E-state index contributed by atoms with van der Waals surface area (Å²) >= 11 is 0. The number of methoxy groups -OCH3 is 1. The number of carbonyl (C=O) groups excluding carboxylic acids is 5. The van der Waals surface area contributed by atoms with Crippen molar-refractivity contribution in [3.8, 4) is 11.5 Å². The molecule has 1 aromatic carbocycles. The van der Waals surface area contributed by atoms with E-state index in [2.05, 4.69) is 10.6 Å². The van der Waals surface area contributed by atoms with Crippen LogP contribution in [-0.2, 0) is 28.5 Å². The molecule has 10 atom stereocenters. The lowest BCUT2D eigenvalue weighted by molar-refractivity contribution is -0.160. The van der Waals surface area contributed by atoms with Gasteiger partial charge in [0, 0.05) is 74.4 Å². The van der Waals surface area contributed by atoms with Gasteiger partial charge in [-0.05, 0) is 47.1 Å². The number of hydrogen-bond donors (Lipinski definition) is 5. The zero-order valence-electron chi connectivity index (χ0n) is 38.7. The van der Waals surface area contributed by atoms with Crippen LogP contribution in [0.25, 0.3) is 0 Å². The number of esters is 1. The second kappa shape index (κ2) is 17.8. The zero-order valence-corrected chi connectivity index (χ0v) is 38.7. The van der Waals surface area contributed by atoms with Gasteiger partial charge in [-0.15, -0.1) is 0 Å². The van der Waals surface area contributed by atoms with Crippen LogP contribution in [-0.4, -0.2) is 124 Å².